The Hall–Kier alpha value is -1.91. The number of aliphatic carboxylic acids is 1. The molecule has 1 saturated carbocycles. The Morgan fingerprint density at radius 2 is 2.06 bits per heavy atom. The Morgan fingerprint density at radius 3 is 2.59 bits per heavy atom. The van der Waals surface area contributed by atoms with Crippen molar-refractivity contribution in [2.24, 2.45) is 0 Å². The zero-order valence-electron chi connectivity index (χ0n) is 9.35. The minimum atomic E-state index is -1.09. The summed E-state index contributed by atoms with van der Waals surface area (Å²) in [4.78, 5) is 27.0. The van der Waals surface area contributed by atoms with Crippen LogP contribution in [0.15, 0.2) is 24.5 Å². The summed E-state index contributed by atoms with van der Waals surface area (Å²) in [6.07, 6.45) is 5.65. The van der Waals surface area contributed by atoms with Crippen LogP contribution in [0.25, 0.3) is 0 Å². The van der Waals surface area contributed by atoms with Crippen LogP contribution < -0.4 is 5.32 Å². The maximum Gasteiger partial charge on any atom is 0.329 e. The SMILES string of the molecule is O=C(NC1(C(=O)O)CCCC1)c1cccnc1. The smallest absolute Gasteiger partial charge is 0.329 e. The number of carbonyl (C=O) groups is 2. The fraction of sp³-hybridized carbons (Fsp3) is 0.417. The number of amides is 1. The van der Waals surface area contributed by atoms with Crippen molar-refractivity contribution in [3.05, 3.63) is 30.1 Å². The lowest BCUT2D eigenvalue weighted by Gasteiger charge is -2.25. The van der Waals surface area contributed by atoms with Crippen LogP contribution in [-0.2, 0) is 4.79 Å². The summed E-state index contributed by atoms with van der Waals surface area (Å²) in [6, 6.07) is 3.27. The van der Waals surface area contributed by atoms with E-state index in [0.717, 1.165) is 12.8 Å². The molecule has 1 fully saturated rings. The number of hydrogen-bond acceptors (Lipinski definition) is 3. The Kier molecular flexibility index (Phi) is 3.08. The lowest BCUT2D eigenvalue weighted by molar-refractivity contribution is -0.144. The number of pyridine rings is 1. The minimum absolute atomic E-state index is 0.373. The van der Waals surface area contributed by atoms with E-state index >= 15 is 0 Å². The summed E-state index contributed by atoms with van der Waals surface area (Å²) < 4.78 is 0. The van der Waals surface area contributed by atoms with Gasteiger partial charge in [-0.1, -0.05) is 12.8 Å². The lowest BCUT2D eigenvalue weighted by Crippen LogP contribution is -2.52. The molecule has 0 radical (unpaired) electrons. The molecule has 0 unspecified atom stereocenters. The van der Waals surface area contributed by atoms with Crippen LogP contribution >= 0.6 is 0 Å². The van der Waals surface area contributed by atoms with Gasteiger partial charge in [-0.05, 0) is 25.0 Å². The van der Waals surface area contributed by atoms with E-state index in [1.165, 1.54) is 6.20 Å². The van der Waals surface area contributed by atoms with Gasteiger partial charge in [-0.2, -0.15) is 0 Å². The normalized spacial score (nSPS) is 17.6. The molecule has 0 saturated heterocycles. The molecular weight excluding hydrogens is 220 g/mol. The van der Waals surface area contributed by atoms with E-state index in [4.69, 9.17) is 0 Å². The second-order valence-corrected chi connectivity index (χ2v) is 4.29. The van der Waals surface area contributed by atoms with E-state index in [1.54, 1.807) is 18.3 Å². The number of hydrogen-bond donors (Lipinski definition) is 2. The van der Waals surface area contributed by atoms with Crippen molar-refractivity contribution in [2.45, 2.75) is 31.2 Å². The van der Waals surface area contributed by atoms with Crippen LogP contribution in [-0.4, -0.2) is 27.5 Å². The molecule has 2 N–H and O–H groups in total. The first-order valence-electron chi connectivity index (χ1n) is 5.60. The van der Waals surface area contributed by atoms with Gasteiger partial charge in [-0.3, -0.25) is 9.78 Å². The first-order chi connectivity index (χ1) is 8.14. The Morgan fingerprint density at radius 1 is 1.35 bits per heavy atom. The zero-order valence-corrected chi connectivity index (χ0v) is 9.35. The molecule has 17 heavy (non-hydrogen) atoms. The third kappa shape index (κ3) is 2.27. The molecule has 0 spiro atoms. The van der Waals surface area contributed by atoms with Crippen molar-refractivity contribution in [1.29, 1.82) is 0 Å². The fourth-order valence-electron chi connectivity index (χ4n) is 2.16. The minimum Gasteiger partial charge on any atom is -0.480 e. The standard InChI is InChI=1S/C12H14N2O3/c15-10(9-4-3-7-13-8-9)14-12(11(16)17)5-1-2-6-12/h3-4,7-8H,1-2,5-6H2,(H,14,15)(H,16,17). The molecule has 5 nitrogen and oxygen atoms in total. The third-order valence-corrected chi connectivity index (χ3v) is 3.14. The van der Waals surface area contributed by atoms with Gasteiger partial charge >= 0.3 is 5.97 Å². The highest BCUT2D eigenvalue weighted by Crippen LogP contribution is 2.30. The monoisotopic (exact) mass is 234 g/mol. The molecule has 0 aromatic carbocycles. The highest BCUT2D eigenvalue weighted by Gasteiger charge is 2.42. The van der Waals surface area contributed by atoms with Crippen LogP contribution in [0, 0.1) is 0 Å². The lowest BCUT2D eigenvalue weighted by atomic mass is 9.97. The summed E-state index contributed by atoms with van der Waals surface area (Å²) in [6.45, 7) is 0. The molecule has 2 rings (SSSR count). The van der Waals surface area contributed by atoms with Crippen LogP contribution in [0.2, 0.25) is 0 Å². The van der Waals surface area contributed by atoms with Gasteiger partial charge in [0.2, 0.25) is 0 Å². The van der Waals surface area contributed by atoms with Crippen molar-refractivity contribution < 1.29 is 14.7 Å². The van der Waals surface area contributed by atoms with Crippen molar-refractivity contribution in [3.63, 3.8) is 0 Å². The molecule has 0 aliphatic heterocycles. The fourth-order valence-corrected chi connectivity index (χ4v) is 2.16. The molecule has 5 heteroatoms. The third-order valence-electron chi connectivity index (χ3n) is 3.14. The van der Waals surface area contributed by atoms with Crippen molar-refractivity contribution in [3.8, 4) is 0 Å². The molecule has 1 aliphatic rings. The summed E-state index contributed by atoms with van der Waals surface area (Å²) in [5.41, 5.74) is -0.701. The van der Waals surface area contributed by atoms with Crippen LogP contribution in [0.5, 0.6) is 0 Å². The quantitative estimate of drug-likeness (QED) is 0.823. The van der Waals surface area contributed by atoms with Crippen molar-refractivity contribution in [1.82, 2.24) is 10.3 Å². The highest BCUT2D eigenvalue weighted by atomic mass is 16.4. The molecule has 1 heterocycles. The van der Waals surface area contributed by atoms with Crippen LogP contribution in [0.4, 0.5) is 0 Å². The van der Waals surface area contributed by atoms with Crippen molar-refractivity contribution >= 4 is 11.9 Å². The van der Waals surface area contributed by atoms with Gasteiger partial charge in [-0.15, -0.1) is 0 Å². The summed E-state index contributed by atoms with van der Waals surface area (Å²) in [5.74, 6) is -1.32. The number of carbonyl (C=O) groups excluding carboxylic acids is 1. The summed E-state index contributed by atoms with van der Waals surface area (Å²) in [5, 5.41) is 11.9. The first-order valence-corrected chi connectivity index (χ1v) is 5.60. The number of carboxylic acid groups (broad SMARTS) is 1. The Bertz CT molecular complexity index is 425. The maximum atomic E-state index is 11.9. The second kappa shape index (κ2) is 4.53. The zero-order chi connectivity index (χ0) is 12.3. The first kappa shape index (κ1) is 11.6. The van der Waals surface area contributed by atoms with E-state index < -0.39 is 11.5 Å². The number of aromatic nitrogens is 1. The van der Waals surface area contributed by atoms with Gasteiger partial charge in [0, 0.05) is 12.4 Å². The molecule has 90 valence electrons. The van der Waals surface area contributed by atoms with Gasteiger partial charge in [0.05, 0.1) is 5.56 Å². The van der Waals surface area contributed by atoms with Gasteiger partial charge in [0.1, 0.15) is 5.54 Å². The molecule has 1 aromatic heterocycles. The number of carboxylic acids is 1. The number of rotatable bonds is 3. The van der Waals surface area contributed by atoms with E-state index in [1.807, 2.05) is 0 Å². The molecule has 0 bridgehead atoms. The molecular formula is C12H14N2O3. The molecule has 1 aliphatic carbocycles. The van der Waals surface area contributed by atoms with Gasteiger partial charge in [0.15, 0.2) is 0 Å². The highest BCUT2D eigenvalue weighted by molar-refractivity contribution is 5.97. The average molecular weight is 234 g/mol. The molecule has 0 atom stereocenters. The average Bonchev–Trinajstić information content (AvgIpc) is 2.80. The number of nitrogens with one attached hydrogen (secondary N) is 1. The largest absolute Gasteiger partial charge is 0.480 e. The Balaban J connectivity index is 2.15. The van der Waals surface area contributed by atoms with Crippen LogP contribution in [0.3, 0.4) is 0 Å². The van der Waals surface area contributed by atoms with E-state index in [2.05, 4.69) is 10.3 Å². The second-order valence-electron chi connectivity index (χ2n) is 4.29. The van der Waals surface area contributed by atoms with Gasteiger partial charge < -0.3 is 10.4 Å². The predicted molar refractivity (Wildman–Crippen MR) is 60.5 cm³/mol. The van der Waals surface area contributed by atoms with Gasteiger partial charge in [-0.25, -0.2) is 4.79 Å². The van der Waals surface area contributed by atoms with E-state index in [0.29, 0.717) is 18.4 Å². The Labute approximate surface area is 98.9 Å². The topological polar surface area (TPSA) is 79.3 Å². The summed E-state index contributed by atoms with van der Waals surface area (Å²) >= 11 is 0. The molecule has 1 amide bonds. The predicted octanol–water partition coefficient (Wildman–Crippen LogP) is 1.21. The van der Waals surface area contributed by atoms with E-state index in [-0.39, 0.29) is 5.91 Å². The van der Waals surface area contributed by atoms with Gasteiger partial charge in [0.25, 0.3) is 5.91 Å². The van der Waals surface area contributed by atoms with Crippen LogP contribution in [0.1, 0.15) is 36.0 Å². The van der Waals surface area contributed by atoms with E-state index in [9.17, 15) is 14.7 Å². The molecule has 1 aromatic rings. The van der Waals surface area contributed by atoms with Crippen molar-refractivity contribution in [2.75, 3.05) is 0 Å². The summed E-state index contributed by atoms with van der Waals surface area (Å²) in [7, 11) is 0. The maximum absolute atomic E-state index is 11.9. The number of nitrogens with zero attached hydrogens (tertiary/aromatic N) is 1.